The molecular weight excluding hydrogens is 404 g/mol. The first-order chi connectivity index (χ1) is 15.0. The van der Waals surface area contributed by atoms with Crippen LogP contribution in [-0.2, 0) is 23.9 Å². The van der Waals surface area contributed by atoms with Crippen LogP contribution in [0.2, 0.25) is 0 Å². The van der Waals surface area contributed by atoms with Crippen LogP contribution < -0.4 is 24.6 Å². The Bertz CT molecular complexity index is 1180. The van der Waals surface area contributed by atoms with Gasteiger partial charge in [-0.15, -0.1) is 0 Å². The van der Waals surface area contributed by atoms with Gasteiger partial charge < -0.3 is 23.7 Å². The van der Waals surface area contributed by atoms with Gasteiger partial charge in [0.2, 0.25) is 0 Å². The third-order valence-corrected chi connectivity index (χ3v) is 4.87. The van der Waals surface area contributed by atoms with Crippen LogP contribution in [-0.4, -0.2) is 44.3 Å². The van der Waals surface area contributed by atoms with Gasteiger partial charge in [-0.2, -0.15) is 0 Å². The van der Waals surface area contributed by atoms with E-state index >= 15 is 0 Å². The summed E-state index contributed by atoms with van der Waals surface area (Å²) in [6, 6.07) is 9.96. The summed E-state index contributed by atoms with van der Waals surface area (Å²) in [5, 5.41) is 1.17. The summed E-state index contributed by atoms with van der Waals surface area (Å²) in [6.45, 7) is 4.36. The third kappa shape index (κ3) is 4.15. The van der Waals surface area contributed by atoms with Crippen LogP contribution in [0.5, 0.6) is 17.2 Å². The number of fused-ring (bicyclic) bond motifs is 2. The summed E-state index contributed by atoms with van der Waals surface area (Å²) >= 11 is 0. The second-order valence-electron chi connectivity index (χ2n) is 6.85. The average molecular weight is 424 g/mol. The normalized spacial score (nSPS) is 14.1. The van der Waals surface area contributed by atoms with E-state index in [-0.39, 0.29) is 13.2 Å². The van der Waals surface area contributed by atoms with E-state index in [4.69, 9.17) is 23.7 Å². The number of benzene rings is 2. The van der Waals surface area contributed by atoms with E-state index in [2.05, 4.69) is 0 Å². The summed E-state index contributed by atoms with van der Waals surface area (Å²) < 4.78 is 26.1. The molecule has 4 rings (SSSR count). The van der Waals surface area contributed by atoms with E-state index < -0.39 is 17.9 Å². The molecule has 2 aromatic carbocycles. The zero-order valence-electron chi connectivity index (χ0n) is 17.1. The van der Waals surface area contributed by atoms with Crippen LogP contribution in [0.4, 0.5) is 0 Å². The van der Waals surface area contributed by atoms with Crippen LogP contribution in [0.1, 0.15) is 19.4 Å². The van der Waals surface area contributed by atoms with Gasteiger partial charge in [0.1, 0.15) is 23.9 Å². The molecule has 0 aromatic heterocycles. The van der Waals surface area contributed by atoms with Crippen molar-refractivity contribution in [3.63, 3.8) is 0 Å². The maximum Gasteiger partial charge on any atom is 0.344 e. The van der Waals surface area contributed by atoms with Gasteiger partial charge in [-0.05, 0) is 43.7 Å². The summed E-state index contributed by atoms with van der Waals surface area (Å²) in [5.41, 5.74) is 1.45. The number of ether oxygens (including phenoxy) is 5. The highest BCUT2D eigenvalue weighted by atomic mass is 16.6. The van der Waals surface area contributed by atoms with E-state index in [1.165, 1.54) is 0 Å². The lowest BCUT2D eigenvalue weighted by Gasteiger charge is -2.08. The van der Waals surface area contributed by atoms with Crippen LogP contribution in [0.25, 0.3) is 11.1 Å². The molecule has 0 atom stereocenters. The molecular formula is C23H20O8. The first-order valence-electron chi connectivity index (χ1n) is 9.78. The summed E-state index contributed by atoms with van der Waals surface area (Å²) in [5.74, 6) is -0.169. The fourth-order valence-electron chi connectivity index (χ4n) is 3.30. The Balaban J connectivity index is 1.50. The van der Waals surface area contributed by atoms with Gasteiger partial charge in [-0.3, -0.25) is 0 Å². The quantitative estimate of drug-likeness (QED) is 0.350. The molecule has 0 unspecified atom stereocenters. The summed E-state index contributed by atoms with van der Waals surface area (Å²) in [4.78, 5) is 35.9. The Morgan fingerprint density at radius 2 is 1.61 bits per heavy atom. The maximum atomic E-state index is 12.5. The van der Waals surface area contributed by atoms with Crippen molar-refractivity contribution >= 4 is 29.1 Å². The molecule has 31 heavy (non-hydrogen) atoms. The Morgan fingerprint density at radius 1 is 0.935 bits per heavy atom. The molecule has 2 aliphatic rings. The van der Waals surface area contributed by atoms with E-state index in [9.17, 15) is 14.4 Å². The molecule has 0 N–H and O–H groups in total. The number of hydrogen-bond acceptors (Lipinski definition) is 8. The zero-order valence-corrected chi connectivity index (χ0v) is 17.1. The lowest BCUT2D eigenvalue weighted by molar-refractivity contribution is -0.147. The smallest absolute Gasteiger partial charge is 0.344 e. The van der Waals surface area contributed by atoms with Gasteiger partial charge in [-0.25, -0.2) is 14.4 Å². The summed E-state index contributed by atoms with van der Waals surface area (Å²) in [7, 11) is 0. The second-order valence-corrected chi connectivity index (χ2v) is 6.85. The van der Waals surface area contributed by atoms with Crippen molar-refractivity contribution in [2.24, 2.45) is 0 Å². The topological polar surface area (TPSA) is 97.4 Å². The molecule has 0 saturated carbocycles. The first kappa shape index (κ1) is 20.6. The van der Waals surface area contributed by atoms with Crippen molar-refractivity contribution < 1.29 is 38.1 Å². The molecule has 0 fully saturated rings. The van der Waals surface area contributed by atoms with Gasteiger partial charge in [0.25, 0.3) is 0 Å². The number of carbonyl (C=O) groups excluding carboxylic acids is 3. The molecule has 0 spiro atoms. The molecule has 0 amide bonds. The molecule has 2 heterocycles. The predicted octanol–water partition coefficient (Wildman–Crippen LogP) is 0.853. The van der Waals surface area contributed by atoms with Crippen molar-refractivity contribution in [1.82, 2.24) is 0 Å². The molecule has 8 nitrogen and oxygen atoms in total. The minimum Gasteiger partial charge on any atom is -0.482 e. The van der Waals surface area contributed by atoms with Gasteiger partial charge in [0.05, 0.1) is 12.2 Å². The molecule has 0 bridgehead atoms. The van der Waals surface area contributed by atoms with Gasteiger partial charge in [0.15, 0.2) is 6.61 Å². The second kappa shape index (κ2) is 8.61. The molecule has 8 heteroatoms. The lowest BCUT2D eigenvalue weighted by atomic mass is 10.0. The van der Waals surface area contributed by atoms with Crippen LogP contribution in [0, 0.1) is 0 Å². The fraction of sp³-hybridized carbons (Fsp3) is 0.261. The molecule has 160 valence electrons. The number of rotatable bonds is 8. The number of esters is 3. The van der Waals surface area contributed by atoms with Gasteiger partial charge in [0, 0.05) is 22.6 Å². The minimum atomic E-state index is -0.498. The Morgan fingerprint density at radius 3 is 2.35 bits per heavy atom. The van der Waals surface area contributed by atoms with Crippen molar-refractivity contribution in [3.8, 4) is 17.2 Å². The third-order valence-electron chi connectivity index (χ3n) is 4.87. The SMILES string of the molecule is CCOCCOC(=O)COc1ccc(C2=c3cc4c(cc3OC2=O)=C(C)C(=O)O4)cc1. The standard InChI is InChI=1S/C23H20O8/c1-3-27-8-9-28-20(24)12-29-15-6-4-14(5-7-15)21-17-11-18-16(13(2)22(25)30-18)10-19(17)31-23(21)26/h4-7,10-11H,3,8-9,12H2,1-2H3. The largest absolute Gasteiger partial charge is 0.482 e. The highest BCUT2D eigenvalue weighted by molar-refractivity contribution is 6.19. The van der Waals surface area contributed by atoms with Crippen molar-refractivity contribution in [1.29, 1.82) is 0 Å². The Labute approximate surface area is 177 Å². The molecule has 0 saturated heterocycles. The summed E-state index contributed by atoms with van der Waals surface area (Å²) in [6.07, 6.45) is 0. The van der Waals surface area contributed by atoms with Gasteiger partial charge in [-0.1, -0.05) is 12.1 Å². The first-order valence-corrected chi connectivity index (χ1v) is 9.78. The van der Waals surface area contributed by atoms with E-state index in [1.807, 2.05) is 6.92 Å². The zero-order chi connectivity index (χ0) is 22.0. The number of hydrogen-bond donors (Lipinski definition) is 0. The highest BCUT2D eigenvalue weighted by Crippen LogP contribution is 2.26. The lowest BCUT2D eigenvalue weighted by Crippen LogP contribution is -2.17. The van der Waals surface area contributed by atoms with E-state index in [1.54, 1.807) is 43.3 Å². The Kier molecular flexibility index (Phi) is 5.73. The molecule has 0 aliphatic carbocycles. The molecule has 2 aliphatic heterocycles. The monoisotopic (exact) mass is 424 g/mol. The number of carbonyl (C=O) groups is 3. The minimum absolute atomic E-state index is 0.172. The van der Waals surface area contributed by atoms with Crippen molar-refractivity contribution in [2.45, 2.75) is 13.8 Å². The van der Waals surface area contributed by atoms with Gasteiger partial charge >= 0.3 is 17.9 Å². The fourth-order valence-corrected chi connectivity index (χ4v) is 3.30. The predicted molar refractivity (Wildman–Crippen MR) is 108 cm³/mol. The van der Waals surface area contributed by atoms with Crippen LogP contribution in [0.15, 0.2) is 36.4 Å². The van der Waals surface area contributed by atoms with Crippen LogP contribution >= 0.6 is 0 Å². The van der Waals surface area contributed by atoms with Crippen molar-refractivity contribution in [2.75, 3.05) is 26.4 Å². The van der Waals surface area contributed by atoms with Crippen molar-refractivity contribution in [3.05, 3.63) is 52.4 Å². The maximum absolute atomic E-state index is 12.5. The Hall–Kier alpha value is -3.65. The van der Waals surface area contributed by atoms with E-state index in [0.29, 0.717) is 57.6 Å². The molecule has 2 aromatic rings. The highest BCUT2D eigenvalue weighted by Gasteiger charge is 2.28. The van der Waals surface area contributed by atoms with E-state index in [0.717, 1.165) is 0 Å². The van der Waals surface area contributed by atoms with Crippen LogP contribution in [0.3, 0.4) is 0 Å². The average Bonchev–Trinajstić information content (AvgIpc) is 3.23. The molecule has 0 radical (unpaired) electrons.